The fourth-order valence-corrected chi connectivity index (χ4v) is 3.14. The molecule has 0 aromatic carbocycles. The zero-order valence-electron chi connectivity index (χ0n) is 11.6. The first-order valence-electron chi connectivity index (χ1n) is 6.24. The minimum atomic E-state index is -0.961. The number of nitrogens with one attached hydrogen (secondary N) is 1. The van der Waals surface area contributed by atoms with E-state index in [4.69, 9.17) is 0 Å². The highest BCUT2D eigenvalue weighted by Crippen LogP contribution is 2.28. The standard InChI is InChI=1S/C13H17N3O2S2/c1-8(10-14-4-5-19-10)6-15-12-16-9(7-20-12)13(2,3)11(17)18/h4-5,7-8H,6H2,1-3H3,(H,15,16)(H,17,18). The van der Waals surface area contributed by atoms with Crippen LogP contribution in [0.1, 0.15) is 37.4 Å². The van der Waals surface area contributed by atoms with Gasteiger partial charge in [-0.15, -0.1) is 22.7 Å². The summed E-state index contributed by atoms with van der Waals surface area (Å²) in [6.45, 7) is 6.15. The summed E-state index contributed by atoms with van der Waals surface area (Å²) in [5, 5.41) is 18.0. The second-order valence-corrected chi connectivity index (χ2v) is 6.90. The third-order valence-electron chi connectivity index (χ3n) is 3.11. The van der Waals surface area contributed by atoms with Crippen LogP contribution < -0.4 is 5.32 Å². The van der Waals surface area contributed by atoms with Crippen LogP contribution in [0.3, 0.4) is 0 Å². The SMILES string of the molecule is CC(CNc1nc(C(C)(C)C(=O)O)cs1)c1nccs1. The summed E-state index contributed by atoms with van der Waals surface area (Å²) in [5.74, 6) is -0.569. The molecule has 108 valence electrons. The molecule has 0 aliphatic heterocycles. The number of aromatic nitrogens is 2. The van der Waals surface area contributed by atoms with Crippen molar-refractivity contribution in [2.75, 3.05) is 11.9 Å². The number of anilines is 1. The molecule has 2 rings (SSSR count). The highest BCUT2D eigenvalue weighted by molar-refractivity contribution is 7.13. The van der Waals surface area contributed by atoms with Crippen molar-refractivity contribution in [3.63, 3.8) is 0 Å². The van der Waals surface area contributed by atoms with Gasteiger partial charge in [0.2, 0.25) is 0 Å². The Balaban J connectivity index is 1.98. The van der Waals surface area contributed by atoms with E-state index in [9.17, 15) is 9.90 Å². The molecule has 0 radical (unpaired) electrons. The van der Waals surface area contributed by atoms with Gasteiger partial charge in [-0.2, -0.15) is 0 Å². The summed E-state index contributed by atoms with van der Waals surface area (Å²) in [4.78, 5) is 19.8. The monoisotopic (exact) mass is 311 g/mol. The Labute approximate surface area is 125 Å². The molecular formula is C13H17N3O2S2. The molecule has 2 N–H and O–H groups in total. The topological polar surface area (TPSA) is 75.1 Å². The van der Waals surface area contributed by atoms with Crippen molar-refractivity contribution >= 4 is 33.8 Å². The van der Waals surface area contributed by atoms with E-state index < -0.39 is 11.4 Å². The number of aliphatic carboxylic acids is 1. The number of carboxylic acids is 1. The van der Waals surface area contributed by atoms with Gasteiger partial charge in [-0.1, -0.05) is 6.92 Å². The second kappa shape index (κ2) is 5.88. The van der Waals surface area contributed by atoms with Crippen molar-refractivity contribution in [3.8, 4) is 0 Å². The number of carboxylic acid groups (broad SMARTS) is 1. The van der Waals surface area contributed by atoms with E-state index in [1.54, 1.807) is 36.8 Å². The Morgan fingerprint density at radius 1 is 1.50 bits per heavy atom. The quantitative estimate of drug-likeness (QED) is 0.857. The third-order valence-corrected chi connectivity index (χ3v) is 4.92. The van der Waals surface area contributed by atoms with Crippen molar-refractivity contribution in [3.05, 3.63) is 27.7 Å². The second-order valence-electron chi connectivity index (χ2n) is 5.12. The van der Waals surface area contributed by atoms with Gasteiger partial charge in [-0.3, -0.25) is 4.79 Å². The van der Waals surface area contributed by atoms with Gasteiger partial charge in [0.25, 0.3) is 0 Å². The molecule has 2 aromatic heterocycles. The van der Waals surface area contributed by atoms with Crippen LogP contribution in [0, 0.1) is 0 Å². The minimum Gasteiger partial charge on any atom is -0.481 e. The first-order chi connectivity index (χ1) is 9.41. The number of carbonyl (C=O) groups is 1. The van der Waals surface area contributed by atoms with Gasteiger partial charge in [0.05, 0.1) is 10.7 Å². The Morgan fingerprint density at radius 3 is 2.85 bits per heavy atom. The van der Waals surface area contributed by atoms with Gasteiger partial charge in [-0.25, -0.2) is 9.97 Å². The summed E-state index contributed by atoms with van der Waals surface area (Å²) in [6, 6.07) is 0. The third kappa shape index (κ3) is 3.16. The number of nitrogens with zero attached hydrogens (tertiary/aromatic N) is 2. The summed E-state index contributed by atoms with van der Waals surface area (Å²) in [6.07, 6.45) is 1.80. The maximum Gasteiger partial charge on any atom is 0.315 e. The van der Waals surface area contributed by atoms with Crippen molar-refractivity contribution in [2.24, 2.45) is 0 Å². The largest absolute Gasteiger partial charge is 0.481 e. The molecule has 0 aliphatic rings. The Hall–Kier alpha value is -1.47. The van der Waals surface area contributed by atoms with Crippen LogP contribution in [-0.4, -0.2) is 27.6 Å². The highest BCUT2D eigenvalue weighted by Gasteiger charge is 2.32. The van der Waals surface area contributed by atoms with Crippen LogP contribution in [0.4, 0.5) is 5.13 Å². The first kappa shape index (κ1) is 14.9. The molecule has 0 saturated heterocycles. The maximum absolute atomic E-state index is 11.2. The Bertz CT molecular complexity index is 578. The predicted octanol–water partition coefficient (Wildman–Crippen LogP) is 3.18. The van der Waals surface area contributed by atoms with Crippen molar-refractivity contribution in [1.29, 1.82) is 0 Å². The molecule has 20 heavy (non-hydrogen) atoms. The molecule has 0 spiro atoms. The number of thiazole rings is 2. The average Bonchev–Trinajstić information content (AvgIpc) is 3.07. The van der Waals surface area contributed by atoms with Crippen LogP contribution in [-0.2, 0) is 10.2 Å². The Kier molecular flexibility index (Phi) is 4.39. The zero-order chi connectivity index (χ0) is 14.8. The minimum absolute atomic E-state index is 0.301. The molecule has 0 saturated carbocycles. The number of hydrogen-bond donors (Lipinski definition) is 2. The van der Waals surface area contributed by atoms with E-state index in [0.717, 1.165) is 16.7 Å². The molecule has 1 unspecified atom stereocenters. The lowest BCUT2D eigenvalue weighted by Gasteiger charge is -2.15. The van der Waals surface area contributed by atoms with E-state index in [0.29, 0.717) is 11.6 Å². The van der Waals surface area contributed by atoms with Crippen LogP contribution in [0.5, 0.6) is 0 Å². The number of hydrogen-bond acceptors (Lipinski definition) is 6. The van der Waals surface area contributed by atoms with E-state index in [1.807, 2.05) is 5.38 Å². The van der Waals surface area contributed by atoms with Crippen molar-refractivity contribution < 1.29 is 9.90 Å². The molecule has 2 aromatic rings. The van der Waals surface area contributed by atoms with Gasteiger partial charge in [0.15, 0.2) is 5.13 Å². The Morgan fingerprint density at radius 2 is 2.25 bits per heavy atom. The molecule has 1 atom stereocenters. The summed E-state index contributed by atoms with van der Waals surface area (Å²) < 4.78 is 0. The summed E-state index contributed by atoms with van der Waals surface area (Å²) >= 11 is 3.06. The molecule has 0 fully saturated rings. The molecule has 2 heterocycles. The lowest BCUT2D eigenvalue weighted by molar-refractivity contribution is -0.142. The smallest absolute Gasteiger partial charge is 0.315 e. The van der Waals surface area contributed by atoms with E-state index in [2.05, 4.69) is 22.2 Å². The molecule has 0 bridgehead atoms. The first-order valence-corrected chi connectivity index (χ1v) is 8.00. The van der Waals surface area contributed by atoms with Crippen LogP contribution >= 0.6 is 22.7 Å². The average molecular weight is 311 g/mol. The van der Waals surface area contributed by atoms with E-state index in [-0.39, 0.29) is 0 Å². The lowest BCUT2D eigenvalue weighted by Crippen LogP contribution is -2.28. The summed E-state index contributed by atoms with van der Waals surface area (Å²) in [7, 11) is 0. The van der Waals surface area contributed by atoms with Gasteiger partial charge in [0.1, 0.15) is 5.41 Å². The fourth-order valence-electron chi connectivity index (χ4n) is 1.56. The summed E-state index contributed by atoms with van der Waals surface area (Å²) in [5.41, 5.74) is -0.378. The zero-order valence-corrected chi connectivity index (χ0v) is 13.2. The number of rotatable bonds is 6. The van der Waals surface area contributed by atoms with Gasteiger partial charge >= 0.3 is 5.97 Å². The maximum atomic E-state index is 11.2. The normalized spacial score (nSPS) is 13.2. The molecule has 0 aliphatic carbocycles. The van der Waals surface area contributed by atoms with Crippen LogP contribution in [0.2, 0.25) is 0 Å². The van der Waals surface area contributed by atoms with Crippen molar-refractivity contribution in [2.45, 2.75) is 32.1 Å². The van der Waals surface area contributed by atoms with E-state index >= 15 is 0 Å². The van der Waals surface area contributed by atoms with E-state index in [1.165, 1.54) is 11.3 Å². The van der Waals surface area contributed by atoms with Crippen LogP contribution in [0.15, 0.2) is 17.0 Å². The predicted molar refractivity (Wildman–Crippen MR) is 81.8 cm³/mol. The van der Waals surface area contributed by atoms with Gasteiger partial charge in [-0.05, 0) is 13.8 Å². The highest BCUT2D eigenvalue weighted by atomic mass is 32.1. The van der Waals surface area contributed by atoms with Gasteiger partial charge in [0, 0.05) is 29.4 Å². The molecule has 0 amide bonds. The van der Waals surface area contributed by atoms with Crippen LogP contribution in [0.25, 0.3) is 0 Å². The fraction of sp³-hybridized carbons (Fsp3) is 0.462. The van der Waals surface area contributed by atoms with Crippen molar-refractivity contribution in [1.82, 2.24) is 9.97 Å². The molecule has 7 heteroatoms. The van der Waals surface area contributed by atoms with Gasteiger partial charge < -0.3 is 10.4 Å². The molecule has 5 nitrogen and oxygen atoms in total. The molecular weight excluding hydrogens is 294 g/mol. The lowest BCUT2D eigenvalue weighted by atomic mass is 9.90.